The van der Waals surface area contributed by atoms with E-state index >= 15 is 0 Å². The Hall–Kier alpha value is -2.71. The molecule has 1 atom stereocenters. The SMILES string of the molecule is CCCNS(=O)(=O)c1cccc(C(=O)N2CCCC2c2nc3ccccc3[nH]2)c1. The molecule has 0 radical (unpaired) electrons. The molecule has 0 aliphatic carbocycles. The number of carbonyl (C=O) groups excluding carboxylic acids is 1. The zero-order valence-electron chi connectivity index (χ0n) is 16.3. The van der Waals surface area contributed by atoms with Gasteiger partial charge in [0.15, 0.2) is 0 Å². The van der Waals surface area contributed by atoms with Crippen LogP contribution in [0.2, 0.25) is 0 Å². The maximum atomic E-state index is 13.2. The van der Waals surface area contributed by atoms with Gasteiger partial charge in [-0.25, -0.2) is 18.1 Å². The van der Waals surface area contributed by atoms with Crippen molar-refractivity contribution in [3.05, 3.63) is 59.9 Å². The molecular formula is C21H24N4O3S. The maximum absolute atomic E-state index is 13.2. The number of carbonyl (C=O) groups is 1. The van der Waals surface area contributed by atoms with Crippen LogP contribution in [0.3, 0.4) is 0 Å². The summed E-state index contributed by atoms with van der Waals surface area (Å²) in [6, 6.07) is 13.9. The third kappa shape index (κ3) is 3.90. The molecular weight excluding hydrogens is 388 g/mol. The van der Waals surface area contributed by atoms with Crippen molar-refractivity contribution in [2.45, 2.75) is 37.1 Å². The lowest BCUT2D eigenvalue weighted by molar-refractivity contribution is 0.0730. The maximum Gasteiger partial charge on any atom is 0.254 e. The predicted octanol–water partition coefficient (Wildman–Crippen LogP) is 3.23. The van der Waals surface area contributed by atoms with Gasteiger partial charge in [-0.15, -0.1) is 0 Å². The molecule has 7 nitrogen and oxygen atoms in total. The first-order valence-corrected chi connectivity index (χ1v) is 11.3. The fraction of sp³-hybridized carbons (Fsp3) is 0.333. The van der Waals surface area contributed by atoms with E-state index in [2.05, 4.69) is 14.7 Å². The molecule has 8 heteroatoms. The number of imidazole rings is 1. The minimum absolute atomic E-state index is 0.108. The average Bonchev–Trinajstić information content (AvgIpc) is 3.38. The Morgan fingerprint density at radius 3 is 2.86 bits per heavy atom. The molecule has 4 rings (SSSR count). The van der Waals surface area contributed by atoms with Crippen LogP contribution in [0.15, 0.2) is 53.4 Å². The van der Waals surface area contributed by atoms with Gasteiger partial charge in [-0.3, -0.25) is 4.79 Å². The normalized spacial score (nSPS) is 17.1. The first kappa shape index (κ1) is 19.6. The summed E-state index contributed by atoms with van der Waals surface area (Å²) in [5, 5.41) is 0. The van der Waals surface area contributed by atoms with Gasteiger partial charge in [-0.2, -0.15) is 0 Å². The van der Waals surface area contributed by atoms with Crippen molar-refractivity contribution in [3.63, 3.8) is 0 Å². The second-order valence-electron chi connectivity index (χ2n) is 7.22. The summed E-state index contributed by atoms with van der Waals surface area (Å²) in [4.78, 5) is 23.1. The van der Waals surface area contributed by atoms with Crippen molar-refractivity contribution in [2.24, 2.45) is 0 Å². The molecule has 2 N–H and O–H groups in total. The van der Waals surface area contributed by atoms with Crippen LogP contribution in [0.5, 0.6) is 0 Å². The molecule has 2 heterocycles. The third-order valence-electron chi connectivity index (χ3n) is 5.17. The van der Waals surface area contributed by atoms with Crippen LogP contribution in [0.4, 0.5) is 0 Å². The summed E-state index contributed by atoms with van der Waals surface area (Å²) >= 11 is 0. The van der Waals surface area contributed by atoms with Gasteiger partial charge in [0.2, 0.25) is 10.0 Å². The molecule has 1 saturated heterocycles. The number of para-hydroxylation sites is 2. The molecule has 1 fully saturated rings. The first-order chi connectivity index (χ1) is 14.0. The van der Waals surface area contributed by atoms with Crippen LogP contribution in [0, 0.1) is 0 Å². The minimum Gasteiger partial charge on any atom is -0.340 e. The van der Waals surface area contributed by atoms with Crippen molar-refractivity contribution in [3.8, 4) is 0 Å². The van der Waals surface area contributed by atoms with Crippen LogP contribution >= 0.6 is 0 Å². The van der Waals surface area contributed by atoms with Crippen LogP contribution < -0.4 is 4.72 Å². The lowest BCUT2D eigenvalue weighted by atomic mass is 10.1. The molecule has 0 bridgehead atoms. The Morgan fingerprint density at radius 2 is 2.07 bits per heavy atom. The summed E-state index contributed by atoms with van der Waals surface area (Å²) in [7, 11) is -3.62. The molecule has 1 aromatic heterocycles. The fourth-order valence-corrected chi connectivity index (χ4v) is 4.89. The molecule has 2 aromatic carbocycles. The van der Waals surface area contributed by atoms with Crippen molar-refractivity contribution in [1.29, 1.82) is 0 Å². The highest BCUT2D eigenvalue weighted by molar-refractivity contribution is 7.89. The van der Waals surface area contributed by atoms with Crippen LogP contribution in [-0.2, 0) is 10.0 Å². The predicted molar refractivity (Wildman–Crippen MR) is 111 cm³/mol. The molecule has 152 valence electrons. The van der Waals surface area contributed by atoms with Crippen molar-refractivity contribution >= 4 is 27.0 Å². The first-order valence-electron chi connectivity index (χ1n) is 9.85. The van der Waals surface area contributed by atoms with E-state index in [4.69, 9.17) is 0 Å². The minimum atomic E-state index is -3.62. The molecule has 1 amide bonds. The number of sulfonamides is 1. The second-order valence-corrected chi connectivity index (χ2v) is 8.99. The molecule has 0 saturated carbocycles. The number of benzene rings is 2. The van der Waals surface area contributed by atoms with E-state index in [0.29, 0.717) is 25.1 Å². The molecule has 3 aromatic rings. The Bertz CT molecular complexity index is 1110. The molecule has 1 unspecified atom stereocenters. The topological polar surface area (TPSA) is 95.2 Å². The van der Waals surface area contributed by atoms with Gasteiger partial charge in [0, 0.05) is 18.7 Å². The average molecular weight is 413 g/mol. The summed E-state index contributed by atoms with van der Waals surface area (Å²) in [6.45, 7) is 2.88. The van der Waals surface area contributed by atoms with E-state index in [9.17, 15) is 13.2 Å². The summed E-state index contributed by atoms with van der Waals surface area (Å²) in [5.74, 6) is 0.589. The number of hydrogen-bond acceptors (Lipinski definition) is 4. The van der Waals surface area contributed by atoms with Crippen molar-refractivity contribution < 1.29 is 13.2 Å². The number of nitrogens with one attached hydrogen (secondary N) is 2. The number of amides is 1. The van der Waals surface area contributed by atoms with Gasteiger partial charge in [0.05, 0.1) is 22.0 Å². The molecule has 29 heavy (non-hydrogen) atoms. The number of H-pyrrole nitrogens is 1. The van der Waals surface area contributed by atoms with Crippen molar-refractivity contribution in [1.82, 2.24) is 19.6 Å². The number of aromatic nitrogens is 2. The summed E-state index contributed by atoms with van der Waals surface area (Å²) in [6.07, 6.45) is 2.40. The van der Waals surface area contributed by atoms with Gasteiger partial charge >= 0.3 is 0 Å². The summed E-state index contributed by atoms with van der Waals surface area (Å²) < 4.78 is 27.4. The van der Waals surface area contributed by atoms with Gasteiger partial charge < -0.3 is 9.88 Å². The smallest absolute Gasteiger partial charge is 0.254 e. The number of nitrogens with zero attached hydrogens (tertiary/aromatic N) is 2. The van der Waals surface area contributed by atoms with E-state index in [1.165, 1.54) is 12.1 Å². The van der Waals surface area contributed by atoms with E-state index in [1.807, 2.05) is 31.2 Å². The van der Waals surface area contributed by atoms with Gasteiger partial charge in [-0.1, -0.05) is 25.1 Å². The zero-order chi connectivity index (χ0) is 20.4. The number of likely N-dealkylation sites (tertiary alicyclic amines) is 1. The Morgan fingerprint density at radius 1 is 1.24 bits per heavy atom. The van der Waals surface area contributed by atoms with E-state index < -0.39 is 10.0 Å². The van der Waals surface area contributed by atoms with Gasteiger partial charge in [0.1, 0.15) is 5.82 Å². The second kappa shape index (κ2) is 7.96. The number of hydrogen-bond donors (Lipinski definition) is 2. The molecule has 1 aliphatic rings. The van der Waals surface area contributed by atoms with E-state index in [-0.39, 0.29) is 16.8 Å². The lowest BCUT2D eigenvalue weighted by Crippen LogP contribution is -2.31. The number of rotatable bonds is 6. The Labute approximate surface area is 170 Å². The zero-order valence-corrected chi connectivity index (χ0v) is 17.1. The van der Waals surface area contributed by atoms with E-state index in [0.717, 1.165) is 29.7 Å². The lowest BCUT2D eigenvalue weighted by Gasteiger charge is -2.23. The Kier molecular flexibility index (Phi) is 5.38. The number of fused-ring (bicyclic) bond motifs is 1. The van der Waals surface area contributed by atoms with E-state index in [1.54, 1.807) is 17.0 Å². The molecule has 1 aliphatic heterocycles. The van der Waals surface area contributed by atoms with Gasteiger partial charge in [-0.05, 0) is 49.6 Å². The van der Waals surface area contributed by atoms with Crippen LogP contribution in [-0.4, -0.2) is 42.3 Å². The largest absolute Gasteiger partial charge is 0.340 e. The quantitative estimate of drug-likeness (QED) is 0.650. The highest BCUT2D eigenvalue weighted by atomic mass is 32.2. The van der Waals surface area contributed by atoms with Crippen molar-refractivity contribution in [2.75, 3.05) is 13.1 Å². The molecule has 0 spiro atoms. The number of aromatic amines is 1. The van der Waals surface area contributed by atoms with Crippen LogP contribution in [0.25, 0.3) is 11.0 Å². The fourth-order valence-electron chi connectivity index (χ4n) is 3.71. The summed E-state index contributed by atoms with van der Waals surface area (Å²) in [5.41, 5.74) is 2.18. The Balaban J connectivity index is 1.61. The van der Waals surface area contributed by atoms with Gasteiger partial charge in [0.25, 0.3) is 5.91 Å². The third-order valence-corrected chi connectivity index (χ3v) is 6.63. The standard InChI is InChI=1S/C21H24N4O3S/c1-2-12-22-29(27,28)16-8-5-7-15(14-16)21(26)25-13-6-11-19(25)20-23-17-9-3-4-10-18(17)24-20/h3-5,7-10,14,19,22H,2,6,11-13H2,1H3,(H,23,24). The monoisotopic (exact) mass is 412 g/mol. The highest BCUT2D eigenvalue weighted by Gasteiger charge is 2.33. The van der Waals surface area contributed by atoms with Crippen LogP contribution in [0.1, 0.15) is 48.4 Å². The highest BCUT2D eigenvalue weighted by Crippen LogP contribution is 2.32.